The second-order valence-electron chi connectivity index (χ2n) is 8.86. The lowest BCUT2D eigenvalue weighted by Crippen LogP contribution is -2.49. The third kappa shape index (κ3) is 3.34. The summed E-state index contributed by atoms with van der Waals surface area (Å²) in [6, 6.07) is 14.2. The normalized spacial score (nSPS) is 22.5. The molecule has 3 nitrogen and oxygen atoms in total. The molecule has 0 bridgehead atoms. The molecule has 30 heavy (non-hydrogen) atoms. The first kappa shape index (κ1) is 19.4. The summed E-state index contributed by atoms with van der Waals surface area (Å²) in [4.78, 5) is 7.73. The molecular weight excluding hydrogens is 373 g/mol. The van der Waals surface area contributed by atoms with Crippen LogP contribution in [0.25, 0.3) is 5.57 Å². The molecule has 1 saturated heterocycles. The molecule has 2 aromatic carbocycles. The summed E-state index contributed by atoms with van der Waals surface area (Å²) >= 11 is 0. The van der Waals surface area contributed by atoms with Crippen LogP contribution >= 0.6 is 0 Å². The zero-order valence-corrected chi connectivity index (χ0v) is 17.8. The van der Waals surface area contributed by atoms with E-state index in [9.17, 15) is 4.39 Å². The predicted octanol–water partition coefficient (Wildman–Crippen LogP) is 4.90. The average Bonchev–Trinajstić information content (AvgIpc) is 3.09. The van der Waals surface area contributed by atoms with Crippen LogP contribution in [0.5, 0.6) is 0 Å². The van der Waals surface area contributed by atoms with Crippen molar-refractivity contribution < 1.29 is 4.39 Å². The minimum absolute atomic E-state index is 0.200. The molecule has 2 aromatic rings. The van der Waals surface area contributed by atoms with Crippen LogP contribution in [0.2, 0.25) is 0 Å². The highest BCUT2D eigenvalue weighted by Crippen LogP contribution is 2.50. The van der Waals surface area contributed by atoms with Gasteiger partial charge >= 0.3 is 0 Å². The number of rotatable bonds is 5. The summed E-state index contributed by atoms with van der Waals surface area (Å²) in [7, 11) is 2.22. The lowest BCUT2D eigenvalue weighted by Gasteiger charge is -2.41. The average molecular weight is 404 g/mol. The number of allylic oxidation sites excluding steroid dienone is 1. The molecule has 0 aliphatic carbocycles. The molecule has 4 heteroatoms. The maximum Gasteiger partial charge on any atom is 0.123 e. The summed E-state index contributed by atoms with van der Waals surface area (Å²) in [5.41, 5.74) is 9.63. The Bertz CT molecular complexity index is 976. The van der Waals surface area contributed by atoms with Crippen LogP contribution in [-0.4, -0.2) is 50.7 Å². The Morgan fingerprint density at radius 3 is 2.77 bits per heavy atom. The van der Waals surface area contributed by atoms with Crippen LogP contribution in [-0.2, 0) is 0 Å². The van der Waals surface area contributed by atoms with E-state index in [-0.39, 0.29) is 5.82 Å². The van der Waals surface area contributed by atoms with Crippen LogP contribution in [0.1, 0.15) is 36.3 Å². The van der Waals surface area contributed by atoms with Crippen LogP contribution in [0, 0.1) is 5.82 Å². The summed E-state index contributed by atoms with van der Waals surface area (Å²) in [5, 5.41) is 0. The molecule has 1 fully saturated rings. The Labute approximate surface area is 179 Å². The van der Waals surface area contributed by atoms with E-state index in [0.717, 1.165) is 50.2 Å². The molecule has 0 N–H and O–H groups in total. The van der Waals surface area contributed by atoms with Gasteiger partial charge < -0.3 is 14.7 Å². The topological polar surface area (TPSA) is 9.72 Å². The lowest BCUT2D eigenvalue weighted by molar-refractivity contribution is 0.192. The smallest absolute Gasteiger partial charge is 0.123 e. The first-order chi connectivity index (χ1) is 14.7. The van der Waals surface area contributed by atoms with Crippen LogP contribution in [0.4, 0.5) is 15.8 Å². The fraction of sp³-hybridized carbons (Fsp3) is 0.423. The predicted molar refractivity (Wildman–Crippen MR) is 123 cm³/mol. The molecule has 0 saturated carbocycles. The number of halogens is 1. The van der Waals surface area contributed by atoms with E-state index in [2.05, 4.69) is 52.3 Å². The Kier molecular flexibility index (Phi) is 5.14. The second-order valence-corrected chi connectivity index (χ2v) is 8.86. The van der Waals surface area contributed by atoms with Gasteiger partial charge in [0.1, 0.15) is 5.82 Å². The van der Waals surface area contributed by atoms with Crippen LogP contribution in [0.15, 0.2) is 54.8 Å². The Hall–Kier alpha value is -2.55. The Balaban J connectivity index is 1.24. The maximum absolute atomic E-state index is 13.2. The van der Waals surface area contributed by atoms with Crippen LogP contribution < -0.4 is 9.80 Å². The van der Waals surface area contributed by atoms with Crippen molar-refractivity contribution in [1.29, 1.82) is 0 Å². The molecule has 0 radical (unpaired) electrons. The van der Waals surface area contributed by atoms with Gasteiger partial charge in [-0.05, 0) is 55.1 Å². The van der Waals surface area contributed by atoms with Gasteiger partial charge in [0.15, 0.2) is 0 Å². The number of hydrogen-bond acceptors (Lipinski definition) is 3. The van der Waals surface area contributed by atoms with E-state index in [1.807, 2.05) is 12.1 Å². The third-order valence-corrected chi connectivity index (χ3v) is 7.19. The molecule has 0 amide bonds. The van der Waals surface area contributed by atoms with Crippen molar-refractivity contribution in [1.82, 2.24) is 4.90 Å². The van der Waals surface area contributed by atoms with Gasteiger partial charge in [-0.15, -0.1) is 5.73 Å². The Morgan fingerprint density at radius 1 is 1.13 bits per heavy atom. The van der Waals surface area contributed by atoms with Crippen molar-refractivity contribution >= 4 is 16.9 Å². The minimum Gasteiger partial charge on any atom is -0.371 e. The molecule has 0 spiro atoms. The number of nitrogens with zero attached hydrogens (tertiary/aromatic N) is 3. The third-order valence-electron chi connectivity index (χ3n) is 7.19. The zero-order chi connectivity index (χ0) is 20.7. The lowest BCUT2D eigenvalue weighted by atomic mass is 9.89. The van der Waals surface area contributed by atoms with Gasteiger partial charge in [0.2, 0.25) is 0 Å². The van der Waals surface area contributed by atoms with Crippen molar-refractivity contribution in [3.05, 3.63) is 71.7 Å². The van der Waals surface area contributed by atoms with E-state index < -0.39 is 0 Å². The van der Waals surface area contributed by atoms with E-state index in [4.69, 9.17) is 0 Å². The van der Waals surface area contributed by atoms with Gasteiger partial charge in [0, 0.05) is 50.8 Å². The second kappa shape index (κ2) is 7.94. The number of hydrogen-bond donors (Lipinski definition) is 0. The fourth-order valence-corrected chi connectivity index (χ4v) is 5.64. The number of fused-ring (bicyclic) bond motifs is 3. The summed E-state index contributed by atoms with van der Waals surface area (Å²) < 4.78 is 13.2. The molecule has 2 atom stereocenters. The number of benzene rings is 2. The fourth-order valence-electron chi connectivity index (χ4n) is 5.64. The first-order valence-corrected chi connectivity index (χ1v) is 11.1. The molecule has 0 aromatic heterocycles. The number of likely N-dealkylation sites (tertiary alicyclic amines) is 1. The van der Waals surface area contributed by atoms with Crippen molar-refractivity contribution in [3.63, 3.8) is 0 Å². The van der Waals surface area contributed by atoms with Gasteiger partial charge in [-0.3, -0.25) is 0 Å². The Morgan fingerprint density at radius 2 is 1.97 bits per heavy atom. The molecule has 3 aliphatic rings. The largest absolute Gasteiger partial charge is 0.371 e. The van der Waals surface area contributed by atoms with E-state index in [1.54, 1.807) is 5.56 Å². The van der Waals surface area contributed by atoms with Gasteiger partial charge in [-0.1, -0.05) is 30.8 Å². The van der Waals surface area contributed by atoms with Crippen molar-refractivity contribution in [2.45, 2.75) is 31.2 Å². The number of likely N-dealkylation sites (N-methyl/N-ethyl adjacent to an activating group) is 1. The summed E-state index contributed by atoms with van der Waals surface area (Å²) in [6.07, 6.45) is 3.24. The van der Waals surface area contributed by atoms with Crippen molar-refractivity contribution in [2.24, 2.45) is 0 Å². The van der Waals surface area contributed by atoms with E-state index >= 15 is 0 Å². The minimum atomic E-state index is -0.200. The molecule has 5 rings (SSSR count). The highest BCUT2D eigenvalue weighted by molar-refractivity contribution is 5.80. The molecule has 156 valence electrons. The number of anilines is 2. The molecule has 3 heterocycles. The summed E-state index contributed by atoms with van der Waals surface area (Å²) in [6.45, 7) is 9.51. The van der Waals surface area contributed by atoms with Crippen LogP contribution in [0.3, 0.4) is 0 Å². The maximum atomic E-state index is 13.2. The van der Waals surface area contributed by atoms with Gasteiger partial charge in [0.25, 0.3) is 0 Å². The van der Waals surface area contributed by atoms with Gasteiger partial charge in [0.05, 0.1) is 11.4 Å². The highest BCUT2D eigenvalue weighted by Gasteiger charge is 2.44. The van der Waals surface area contributed by atoms with E-state index in [0.29, 0.717) is 12.0 Å². The quantitative estimate of drug-likeness (QED) is 0.658. The SMILES string of the molecule is C=C=C(CCCN1CCC2C(C1)c1cccc3c1N2CCN3C)c1ccc(F)cc1. The van der Waals surface area contributed by atoms with E-state index in [1.165, 1.54) is 36.5 Å². The van der Waals surface area contributed by atoms with Crippen molar-refractivity contribution in [2.75, 3.05) is 49.6 Å². The van der Waals surface area contributed by atoms with Gasteiger partial charge in [-0.2, -0.15) is 0 Å². The monoisotopic (exact) mass is 403 g/mol. The molecule has 2 unspecified atom stereocenters. The number of piperidine rings is 1. The van der Waals surface area contributed by atoms with Crippen molar-refractivity contribution in [3.8, 4) is 0 Å². The number of para-hydroxylation sites is 1. The standard InChI is InChI=1S/C26H30FN3/c1-3-19(20-9-11-21(27)12-10-20)6-5-14-29-15-13-24-23(18-29)22-7-4-8-25-26(22)30(24)17-16-28(25)2/h4,7-12,23-24H,1,5-6,13-18H2,2H3. The molecular formula is C26H30FN3. The zero-order valence-electron chi connectivity index (χ0n) is 17.8. The first-order valence-electron chi connectivity index (χ1n) is 11.1. The van der Waals surface area contributed by atoms with Gasteiger partial charge in [-0.25, -0.2) is 4.39 Å². The summed E-state index contributed by atoms with van der Waals surface area (Å²) in [5.74, 6) is 0.418. The highest BCUT2D eigenvalue weighted by atomic mass is 19.1. The molecule has 3 aliphatic heterocycles.